The quantitative estimate of drug-likeness (QED) is 0.644. The van der Waals surface area contributed by atoms with E-state index in [-0.39, 0.29) is 11.9 Å². The van der Waals surface area contributed by atoms with E-state index in [1.54, 1.807) is 13.4 Å². The van der Waals surface area contributed by atoms with E-state index in [1.807, 2.05) is 36.1 Å². The zero-order valence-electron chi connectivity index (χ0n) is 19.5. The molecule has 1 atom stereocenters. The Balaban J connectivity index is 0.000000429. The zero-order valence-corrected chi connectivity index (χ0v) is 19.5. The minimum atomic E-state index is -5.08. The number of rotatable bonds is 5. The van der Waals surface area contributed by atoms with Gasteiger partial charge in [0, 0.05) is 13.1 Å². The summed E-state index contributed by atoms with van der Waals surface area (Å²) in [6.45, 7) is 4.43. The molecule has 35 heavy (non-hydrogen) atoms. The number of alkyl halides is 3. The number of hydrogen-bond donors (Lipinski definition) is 2. The van der Waals surface area contributed by atoms with Crippen molar-refractivity contribution < 1.29 is 32.6 Å². The molecule has 4 rings (SSSR count). The van der Waals surface area contributed by atoms with Crippen molar-refractivity contribution in [1.82, 2.24) is 9.97 Å². The van der Waals surface area contributed by atoms with Crippen molar-refractivity contribution in [3.63, 3.8) is 0 Å². The van der Waals surface area contributed by atoms with Gasteiger partial charge in [-0.1, -0.05) is 19.1 Å². The van der Waals surface area contributed by atoms with Gasteiger partial charge >= 0.3 is 12.1 Å². The van der Waals surface area contributed by atoms with E-state index < -0.39 is 12.1 Å². The molecule has 0 bridgehead atoms. The first kappa shape index (κ1) is 26.0. The fraction of sp³-hybridized carbons (Fsp3) is 0.478. The molecule has 1 fully saturated rings. The normalized spacial score (nSPS) is 17.6. The molecule has 1 aromatic heterocycles. The maximum absolute atomic E-state index is 13.2. The summed E-state index contributed by atoms with van der Waals surface area (Å²) in [6.07, 6.45) is 0.769. The largest absolute Gasteiger partial charge is 0.497 e. The highest BCUT2D eigenvalue weighted by molar-refractivity contribution is 6.06. The van der Waals surface area contributed by atoms with Crippen molar-refractivity contribution in [1.29, 1.82) is 0 Å². The highest BCUT2D eigenvalue weighted by Gasteiger charge is 2.38. The Morgan fingerprint density at radius 2 is 1.80 bits per heavy atom. The molecule has 0 aliphatic carbocycles. The van der Waals surface area contributed by atoms with Crippen LogP contribution in [-0.4, -0.2) is 59.4 Å². The number of methoxy groups -OCH3 is 1. The molecular formula is C23H28F3N5O4. The molecule has 1 saturated heterocycles. The molecule has 1 aromatic carbocycles. The van der Waals surface area contributed by atoms with Gasteiger partial charge in [-0.15, -0.1) is 0 Å². The van der Waals surface area contributed by atoms with E-state index in [1.165, 1.54) is 6.42 Å². The molecule has 1 amide bonds. The van der Waals surface area contributed by atoms with Crippen molar-refractivity contribution in [3.8, 4) is 5.75 Å². The molecule has 2 N–H and O–H groups in total. The number of amides is 1. The average molecular weight is 496 g/mol. The second-order valence-corrected chi connectivity index (χ2v) is 8.12. The SMILES string of the molecule is CCC1Nc2ncnc(N3CCCCC3)c2N(Cc2ccc(OC)cc2)C1=O.O=C(O)C(F)(F)F. The summed E-state index contributed by atoms with van der Waals surface area (Å²) in [5, 5.41) is 10.4. The highest BCUT2D eigenvalue weighted by Crippen LogP contribution is 2.39. The van der Waals surface area contributed by atoms with E-state index in [2.05, 4.69) is 20.2 Å². The van der Waals surface area contributed by atoms with Crippen LogP contribution in [0.15, 0.2) is 30.6 Å². The lowest BCUT2D eigenvalue weighted by Gasteiger charge is -2.38. The topological polar surface area (TPSA) is 108 Å². The standard InChI is InChI=1S/C21H27N5O2.C2HF3O2/c1-3-17-21(27)26(13-15-7-9-16(28-2)10-8-15)18-19(24-17)22-14-23-20(18)25-11-5-4-6-12-25;3-2(4,5)1(6)7/h7-10,14,17H,3-6,11-13H2,1-2H3,(H,22,23,24);(H,6,7). The lowest BCUT2D eigenvalue weighted by atomic mass is 10.1. The van der Waals surface area contributed by atoms with Gasteiger partial charge in [-0.05, 0) is 43.4 Å². The Labute approximate surface area is 200 Å². The number of nitrogens with one attached hydrogen (secondary N) is 1. The maximum Gasteiger partial charge on any atom is 0.490 e. The third-order valence-electron chi connectivity index (χ3n) is 5.75. The number of carboxylic acid groups (broad SMARTS) is 1. The Bertz CT molecular complexity index is 1030. The number of benzene rings is 1. The van der Waals surface area contributed by atoms with Gasteiger partial charge < -0.3 is 20.1 Å². The number of piperidine rings is 1. The Hall–Kier alpha value is -3.57. The summed E-state index contributed by atoms with van der Waals surface area (Å²) in [7, 11) is 1.65. The van der Waals surface area contributed by atoms with Crippen LogP contribution in [0.5, 0.6) is 5.75 Å². The molecule has 0 saturated carbocycles. The molecule has 2 aromatic rings. The van der Waals surface area contributed by atoms with Crippen LogP contribution in [0.2, 0.25) is 0 Å². The summed E-state index contributed by atoms with van der Waals surface area (Å²) in [4.78, 5) is 35.3. The molecule has 3 heterocycles. The van der Waals surface area contributed by atoms with Crippen LogP contribution in [0.1, 0.15) is 38.2 Å². The number of anilines is 3. The minimum absolute atomic E-state index is 0.0684. The van der Waals surface area contributed by atoms with Gasteiger partial charge in [-0.2, -0.15) is 13.2 Å². The van der Waals surface area contributed by atoms with Crippen LogP contribution in [0.3, 0.4) is 0 Å². The number of aromatic nitrogens is 2. The minimum Gasteiger partial charge on any atom is -0.497 e. The molecule has 9 nitrogen and oxygen atoms in total. The first-order chi connectivity index (χ1) is 16.7. The number of ether oxygens (including phenoxy) is 1. The van der Waals surface area contributed by atoms with Gasteiger partial charge in [0.25, 0.3) is 0 Å². The van der Waals surface area contributed by atoms with Crippen molar-refractivity contribution >= 4 is 29.2 Å². The smallest absolute Gasteiger partial charge is 0.490 e. The molecule has 190 valence electrons. The van der Waals surface area contributed by atoms with E-state index in [0.29, 0.717) is 13.0 Å². The molecule has 2 aliphatic rings. The third kappa shape index (κ3) is 6.31. The van der Waals surface area contributed by atoms with E-state index >= 15 is 0 Å². The summed E-state index contributed by atoms with van der Waals surface area (Å²) in [5.41, 5.74) is 1.85. The van der Waals surface area contributed by atoms with Gasteiger partial charge in [0.15, 0.2) is 11.6 Å². The highest BCUT2D eigenvalue weighted by atomic mass is 19.4. The van der Waals surface area contributed by atoms with Gasteiger partial charge in [-0.25, -0.2) is 14.8 Å². The summed E-state index contributed by atoms with van der Waals surface area (Å²) < 4.78 is 37.0. The van der Waals surface area contributed by atoms with Crippen LogP contribution in [0.4, 0.5) is 30.5 Å². The van der Waals surface area contributed by atoms with Crippen LogP contribution < -0.4 is 19.9 Å². The Kier molecular flexibility index (Phi) is 8.36. The summed E-state index contributed by atoms with van der Waals surface area (Å²) >= 11 is 0. The Morgan fingerprint density at radius 3 is 2.34 bits per heavy atom. The number of carbonyl (C=O) groups is 2. The average Bonchev–Trinajstić information content (AvgIpc) is 2.86. The van der Waals surface area contributed by atoms with Gasteiger partial charge in [0.05, 0.1) is 13.7 Å². The summed E-state index contributed by atoms with van der Waals surface area (Å²) in [5.74, 6) is -0.282. The van der Waals surface area contributed by atoms with Crippen molar-refractivity contribution in [2.75, 3.05) is 35.3 Å². The second-order valence-electron chi connectivity index (χ2n) is 8.12. The zero-order chi connectivity index (χ0) is 25.6. The molecule has 1 unspecified atom stereocenters. The fourth-order valence-corrected chi connectivity index (χ4v) is 3.93. The first-order valence-electron chi connectivity index (χ1n) is 11.3. The molecule has 0 spiro atoms. The number of carboxylic acids is 1. The van der Waals surface area contributed by atoms with Crippen molar-refractivity contribution in [3.05, 3.63) is 36.2 Å². The lowest BCUT2D eigenvalue weighted by molar-refractivity contribution is -0.192. The predicted molar refractivity (Wildman–Crippen MR) is 124 cm³/mol. The van der Waals surface area contributed by atoms with Crippen LogP contribution in [0.25, 0.3) is 0 Å². The Morgan fingerprint density at radius 1 is 1.17 bits per heavy atom. The van der Waals surface area contributed by atoms with Crippen LogP contribution in [0, 0.1) is 0 Å². The monoisotopic (exact) mass is 495 g/mol. The van der Waals surface area contributed by atoms with Gasteiger partial charge in [-0.3, -0.25) is 9.69 Å². The van der Waals surface area contributed by atoms with E-state index in [4.69, 9.17) is 14.6 Å². The number of carbonyl (C=O) groups excluding carboxylic acids is 1. The van der Waals surface area contributed by atoms with Gasteiger partial charge in [0.1, 0.15) is 23.8 Å². The van der Waals surface area contributed by atoms with E-state index in [0.717, 1.165) is 54.6 Å². The third-order valence-corrected chi connectivity index (χ3v) is 5.75. The van der Waals surface area contributed by atoms with E-state index in [9.17, 15) is 18.0 Å². The number of nitrogens with zero attached hydrogens (tertiary/aromatic N) is 4. The van der Waals surface area contributed by atoms with Crippen LogP contribution in [-0.2, 0) is 16.1 Å². The first-order valence-corrected chi connectivity index (χ1v) is 11.3. The number of hydrogen-bond acceptors (Lipinski definition) is 7. The number of fused-ring (bicyclic) bond motifs is 1. The summed E-state index contributed by atoms with van der Waals surface area (Å²) in [6, 6.07) is 7.58. The number of aliphatic carboxylic acids is 1. The van der Waals surface area contributed by atoms with Gasteiger partial charge in [0.2, 0.25) is 5.91 Å². The fourth-order valence-electron chi connectivity index (χ4n) is 3.93. The lowest BCUT2D eigenvalue weighted by Crippen LogP contribution is -2.48. The van der Waals surface area contributed by atoms with Crippen LogP contribution >= 0.6 is 0 Å². The second kappa shape index (κ2) is 11.2. The maximum atomic E-state index is 13.2. The number of halogens is 3. The van der Waals surface area contributed by atoms with Crippen molar-refractivity contribution in [2.45, 2.75) is 51.4 Å². The molecule has 2 aliphatic heterocycles. The predicted octanol–water partition coefficient (Wildman–Crippen LogP) is 3.85. The molecule has 0 radical (unpaired) electrons. The molecular weight excluding hydrogens is 467 g/mol. The molecule has 12 heteroatoms. The van der Waals surface area contributed by atoms with Crippen molar-refractivity contribution in [2.24, 2.45) is 0 Å².